The molecular weight excluding hydrogens is 416 g/mol. The zero-order valence-electron chi connectivity index (χ0n) is 18.9. The van der Waals surface area contributed by atoms with Crippen LogP contribution in [-0.2, 0) is 9.47 Å². The van der Waals surface area contributed by atoms with Gasteiger partial charge in [-0.1, -0.05) is 12.1 Å². The minimum atomic E-state index is -0.860. The molecule has 0 aliphatic carbocycles. The van der Waals surface area contributed by atoms with Crippen molar-refractivity contribution in [1.29, 1.82) is 0 Å². The highest BCUT2D eigenvalue weighted by atomic mass is 19.2. The van der Waals surface area contributed by atoms with Gasteiger partial charge in [-0.25, -0.2) is 18.3 Å². The zero-order chi connectivity index (χ0) is 22.9. The number of amides is 1. The van der Waals surface area contributed by atoms with Gasteiger partial charge in [0.2, 0.25) is 0 Å². The van der Waals surface area contributed by atoms with Crippen LogP contribution in [0.25, 0.3) is 11.1 Å². The lowest BCUT2D eigenvalue weighted by Gasteiger charge is -2.33. The summed E-state index contributed by atoms with van der Waals surface area (Å²) in [6.45, 7) is 7.06. The van der Waals surface area contributed by atoms with E-state index < -0.39 is 17.2 Å². The summed E-state index contributed by atoms with van der Waals surface area (Å²) in [4.78, 5) is 13.9. The van der Waals surface area contributed by atoms with Crippen LogP contribution in [0.5, 0.6) is 0 Å². The molecule has 2 aromatic rings. The van der Waals surface area contributed by atoms with Crippen molar-refractivity contribution in [2.24, 2.45) is 0 Å². The van der Waals surface area contributed by atoms with Crippen molar-refractivity contribution in [2.75, 3.05) is 19.7 Å². The fourth-order valence-corrected chi connectivity index (χ4v) is 4.37. The molecular formula is C24H31F2N3O3. The number of nitrogens with zero attached hydrogens (tertiary/aromatic N) is 3. The molecule has 4 rings (SSSR count). The van der Waals surface area contributed by atoms with Crippen molar-refractivity contribution >= 4 is 6.09 Å². The minimum Gasteiger partial charge on any atom is -0.444 e. The van der Waals surface area contributed by atoms with Gasteiger partial charge in [0.15, 0.2) is 11.6 Å². The topological polar surface area (TPSA) is 56.6 Å². The van der Waals surface area contributed by atoms with Gasteiger partial charge >= 0.3 is 6.09 Å². The lowest BCUT2D eigenvalue weighted by atomic mass is 9.88. The van der Waals surface area contributed by atoms with E-state index in [2.05, 4.69) is 5.10 Å². The summed E-state index contributed by atoms with van der Waals surface area (Å²) in [6, 6.07) is 3.28. The van der Waals surface area contributed by atoms with Crippen LogP contribution in [0, 0.1) is 11.6 Å². The molecule has 0 radical (unpaired) electrons. The maximum atomic E-state index is 15.0. The quantitative estimate of drug-likeness (QED) is 0.611. The standard InChI is InChI=1S/C24H31F2N3O3/c1-24(2,3)32-23(30)28-11-9-16(10-12-28)18-7-8-19(22(26)21(18)25)17-14-27-29(15-17)20-6-4-5-13-31-20/h7-8,14-16,20H,4-6,9-13H2,1-3H3. The third-order valence-electron chi connectivity index (χ3n) is 6.06. The third kappa shape index (κ3) is 4.95. The number of likely N-dealkylation sites (tertiary alicyclic amines) is 1. The van der Waals surface area contributed by atoms with E-state index in [-0.39, 0.29) is 23.8 Å². The molecule has 6 nitrogen and oxygen atoms in total. The Labute approximate surface area is 187 Å². The molecule has 0 N–H and O–H groups in total. The van der Waals surface area contributed by atoms with Crippen LogP contribution in [0.3, 0.4) is 0 Å². The lowest BCUT2D eigenvalue weighted by Crippen LogP contribution is -2.41. The van der Waals surface area contributed by atoms with Crippen LogP contribution in [0.1, 0.15) is 70.6 Å². The Hall–Kier alpha value is -2.48. The number of halogens is 2. The van der Waals surface area contributed by atoms with Crippen LogP contribution in [0.15, 0.2) is 24.5 Å². The number of aromatic nitrogens is 2. The number of piperidine rings is 1. The second kappa shape index (κ2) is 9.17. The van der Waals surface area contributed by atoms with Crippen LogP contribution in [0.2, 0.25) is 0 Å². The lowest BCUT2D eigenvalue weighted by molar-refractivity contribution is -0.0394. The number of carbonyl (C=O) groups is 1. The maximum absolute atomic E-state index is 15.0. The fraction of sp³-hybridized carbons (Fsp3) is 0.583. The van der Waals surface area contributed by atoms with Gasteiger partial charge in [-0.15, -0.1) is 0 Å². The molecule has 1 atom stereocenters. The van der Waals surface area contributed by atoms with Gasteiger partial charge in [0.05, 0.1) is 6.20 Å². The van der Waals surface area contributed by atoms with Gasteiger partial charge in [-0.3, -0.25) is 0 Å². The summed E-state index contributed by atoms with van der Waals surface area (Å²) in [7, 11) is 0. The molecule has 1 aromatic carbocycles. The predicted octanol–water partition coefficient (Wildman–Crippen LogP) is 5.64. The van der Waals surface area contributed by atoms with Crippen molar-refractivity contribution in [2.45, 2.75) is 70.6 Å². The van der Waals surface area contributed by atoms with E-state index >= 15 is 8.78 Å². The van der Waals surface area contributed by atoms with E-state index in [4.69, 9.17) is 9.47 Å². The van der Waals surface area contributed by atoms with Crippen LogP contribution in [0.4, 0.5) is 13.6 Å². The highest BCUT2D eigenvalue weighted by Crippen LogP contribution is 2.35. The van der Waals surface area contributed by atoms with Gasteiger partial charge in [-0.05, 0) is 64.4 Å². The van der Waals surface area contributed by atoms with Gasteiger partial charge in [0.1, 0.15) is 11.8 Å². The number of hydrogen-bond donors (Lipinski definition) is 0. The first-order valence-corrected chi connectivity index (χ1v) is 11.3. The zero-order valence-corrected chi connectivity index (χ0v) is 18.9. The molecule has 0 spiro atoms. The number of ether oxygens (including phenoxy) is 2. The van der Waals surface area contributed by atoms with E-state index in [1.165, 1.54) is 0 Å². The summed E-state index contributed by atoms with van der Waals surface area (Å²) in [5, 5.41) is 4.30. The highest BCUT2D eigenvalue weighted by molar-refractivity contribution is 5.68. The van der Waals surface area contributed by atoms with Crippen molar-refractivity contribution in [3.8, 4) is 11.1 Å². The largest absolute Gasteiger partial charge is 0.444 e. The van der Waals surface area contributed by atoms with Crippen molar-refractivity contribution in [1.82, 2.24) is 14.7 Å². The number of rotatable bonds is 3. The first-order chi connectivity index (χ1) is 15.2. The molecule has 174 valence electrons. The Morgan fingerprint density at radius 2 is 1.88 bits per heavy atom. The van der Waals surface area contributed by atoms with Crippen molar-refractivity contribution < 1.29 is 23.0 Å². The molecule has 8 heteroatoms. The van der Waals surface area contributed by atoms with E-state index in [1.54, 1.807) is 34.1 Å². The van der Waals surface area contributed by atoms with E-state index in [1.807, 2.05) is 20.8 Å². The summed E-state index contributed by atoms with van der Waals surface area (Å²) in [6.07, 6.45) is 6.82. The number of carbonyl (C=O) groups excluding carboxylic acids is 1. The van der Waals surface area contributed by atoms with Gasteiger partial charge in [-0.2, -0.15) is 5.10 Å². The maximum Gasteiger partial charge on any atom is 0.410 e. The molecule has 2 fully saturated rings. The van der Waals surface area contributed by atoms with Crippen LogP contribution in [-0.4, -0.2) is 46.1 Å². The predicted molar refractivity (Wildman–Crippen MR) is 116 cm³/mol. The Morgan fingerprint density at radius 3 is 2.53 bits per heavy atom. The average Bonchev–Trinajstić information content (AvgIpc) is 3.25. The van der Waals surface area contributed by atoms with Gasteiger partial charge < -0.3 is 14.4 Å². The molecule has 0 saturated carbocycles. The van der Waals surface area contributed by atoms with E-state index in [0.29, 0.717) is 43.7 Å². The van der Waals surface area contributed by atoms with Crippen molar-refractivity contribution in [3.63, 3.8) is 0 Å². The van der Waals surface area contributed by atoms with Crippen molar-refractivity contribution in [3.05, 3.63) is 41.7 Å². The fourth-order valence-electron chi connectivity index (χ4n) is 4.37. The molecule has 1 amide bonds. The summed E-state index contributed by atoms with van der Waals surface area (Å²) in [5.74, 6) is -1.82. The smallest absolute Gasteiger partial charge is 0.410 e. The first-order valence-electron chi connectivity index (χ1n) is 11.3. The van der Waals surface area contributed by atoms with Gasteiger partial charge in [0.25, 0.3) is 0 Å². The molecule has 3 heterocycles. The average molecular weight is 448 g/mol. The first kappa shape index (κ1) is 22.7. The summed E-state index contributed by atoms with van der Waals surface area (Å²) >= 11 is 0. The minimum absolute atomic E-state index is 0.143. The van der Waals surface area contributed by atoms with Crippen LogP contribution < -0.4 is 0 Å². The Kier molecular flexibility index (Phi) is 6.51. The van der Waals surface area contributed by atoms with E-state index in [0.717, 1.165) is 19.3 Å². The Morgan fingerprint density at radius 1 is 1.12 bits per heavy atom. The molecule has 2 saturated heterocycles. The molecule has 1 aromatic heterocycles. The molecule has 0 bridgehead atoms. The second-order valence-electron chi connectivity index (χ2n) is 9.60. The third-order valence-corrected chi connectivity index (χ3v) is 6.06. The molecule has 2 aliphatic heterocycles. The number of hydrogen-bond acceptors (Lipinski definition) is 4. The van der Waals surface area contributed by atoms with Crippen LogP contribution >= 0.6 is 0 Å². The Bertz CT molecular complexity index is 956. The normalized spacial score (nSPS) is 20.4. The summed E-state index contributed by atoms with van der Waals surface area (Å²) < 4.78 is 42.9. The molecule has 1 unspecified atom stereocenters. The highest BCUT2D eigenvalue weighted by Gasteiger charge is 2.30. The van der Waals surface area contributed by atoms with E-state index in [9.17, 15) is 4.79 Å². The molecule has 32 heavy (non-hydrogen) atoms. The SMILES string of the molecule is CC(C)(C)OC(=O)N1CCC(c2ccc(-c3cnn(C4CCCCO4)c3)c(F)c2F)CC1. The van der Waals surface area contributed by atoms with Gasteiger partial charge in [0, 0.05) is 37.0 Å². The Balaban J connectivity index is 1.45. The molecule has 2 aliphatic rings. The summed E-state index contributed by atoms with van der Waals surface area (Å²) in [5.41, 5.74) is 0.523. The second-order valence-corrected chi connectivity index (χ2v) is 9.60. The monoisotopic (exact) mass is 447 g/mol. The number of benzene rings is 1.